The molecular weight excluding hydrogens is 271 g/mol. The molecule has 0 fully saturated rings. The molecule has 0 bridgehead atoms. The molecule has 1 N–H and O–H groups in total. The summed E-state index contributed by atoms with van der Waals surface area (Å²) in [4.78, 5) is 0. The Bertz CT molecular complexity index is 571. The number of aromatic nitrogens is 3. The molecule has 0 saturated carbocycles. The molecule has 0 aliphatic carbocycles. The molecule has 1 aromatic heterocycles. The summed E-state index contributed by atoms with van der Waals surface area (Å²) in [6.07, 6.45) is 2.98. The molecule has 0 aliphatic heterocycles. The molecule has 6 heteroatoms. The fourth-order valence-corrected chi connectivity index (χ4v) is 1.84. The van der Waals surface area contributed by atoms with Crippen LogP contribution >= 0.6 is 0 Å². The number of ether oxygens (including phenoxy) is 1. The highest BCUT2D eigenvalue weighted by atomic mass is 19.1. The first-order chi connectivity index (χ1) is 10.2. The van der Waals surface area contributed by atoms with Crippen molar-refractivity contribution in [3.63, 3.8) is 0 Å². The second kappa shape index (κ2) is 7.73. The van der Waals surface area contributed by atoms with Crippen molar-refractivity contribution in [3.05, 3.63) is 41.5 Å². The Balaban J connectivity index is 1.76. The van der Waals surface area contributed by atoms with Gasteiger partial charge in [0.1, 0.15) is 18.2 Å². The summed E-state index contributed by atoms with van der Waals surface area (Å²) in [6, 6.07) is 4.87. The summed E-state index contributed by atoms with van der Waals surface area (Å²) in [7, 11) is 0. The fraction of sp³-hybridized carbons (Fsp3) is 0.467. The topological polar surface area (TPSA) is 52.0 Å². The van der Waals surface area contributed by atoms with Gasteiger partial charge >= 0.3 is 0 Å². The van der Waals surface area contributed by atoms with Crippen molar-refractivity contribution in [1.29, 1.82) is 0 Å². The molecule has 5 nitrogen and oxygen atoms in total. The van der Waals surface area contributed by atoms with Crippen LogP contribution in [0.1, 0.15) is 24.6 Å². The average Bonchev–Trinajstić information content (AvgIpc) is 2.91. The summed E-state index contributed by atoms with van der Waals surface area (Å²) in [5.41, 5.74) is 1.52. The van der Waals surface area contributed by atoms with E-state index in [0.29, 0.717) is 24.5 Å². The number of hydrogen-bond donors (Lipinski definition) is 1. The Hall–Kier alpha value is -1.95. The lowest BCUT2D eigenvalue weighted by Crippen LogP contribution is -2.14. The average molecular weight is 292 g/mol. The minimum absolute atomic E-state index is 0.252. The lowest BCUT2D eigenvalue weighted by molar-refractivity contribution is 0.288. The molecule has 2 aromatic rings. The molecule has 114 valence electrons. The van der Waals surface area contributed by atoms with Crippen LogP contribution in [-0.2, 0) is 13.1 Å². The lowest BCUT2D eigenvalue weighted by atomic mass is 10.2. The van der Waals surface area contributed by atoms with Gasteiger partial charge in [-0.15, -0.1) is 5.10 Å². The van der Waals surface area contributed by atoms with E-state index in [0.717, 1.165) is 25.2 Å². The van der Waals surface area contributed by atoms with E-state index in [9.17, 15) is 4.39 Å². The molecular formula is C15H21FN4O. The maximum absolute atomic E-state index is 13.4. The number of hydrogen-bond acceptors (Lipinski definition) is 4. The van der Waals surface area contributed by atoms with Crippen LogP contribution in [0.5, 0.6) is 5.75 Å². The third kappa shape index (κ3) is 4.82. The number of benzene rings is 1. The Kier molecular flexibility index (Phi) is 5.68. The van der Waals surface area contributed by atoms with E-state index in [4.69, 9.17) is 4.74 Å². The first kappa shape index (κ1) is 15.4. The van der Waals surface area contributed by atoms with E-state index >= 15 is 0 Å². The van der Waals surface area contributed by atoms with E-state index < -0.39 is 0 Å². The van der Waals surface area contributed by atoms with Gasteiger partial charge in [0.2, 0.25) is 0 Å². The van der Waals surface area contributed by atoms with E-state index in [1.807, 2.05) is 6.20 Å². The van der Waals surface area contributed by atoms with E-state index in [1.54, 1.807) is 23.7 Å². The molecule has 0 spiro atoms. The summed E-state index contributed by atoms with van der Waals surface area (Å²) in [5.74, 6) is 0.278. The smallest absolute Gasteiger partial charge is 0.129 e. The Morgan fingerprint density at radius 3 is 3.00 bits per heavy atom. The zero-order valence-corrected chi connectivity index (χ0v) is 12.5. The quantitative estimate of drug-likeness (QED) is 0.759. The van der Waals surface area contributed by atoms with Crippen LogP contribution < -0.4 is 10.1 Å². The van der Waals surface area contributed by atoms with Crippen molar-refractivity contribution in [2.24, 2.45) is 0 Å². The van der Waals surface area contributed by atoms with Crippen LogP contribution in [0.25, 0.3) is 0 Å². The Morgan fingerprint density at radius 2 is 2.24 bits per heavy atom. The standard InChI is InChI=1S/C15H21FN4O/c1-3-6-17-10-13-11-20(19-18-13)7-8-21-14-5-4-12(2)15(16)9-14/h4-5,9,11,17H,3,6-8,10H2,1-2H3. The van der Waals surface area contributed by atoms with Gasteiger partial charge in [-0.3, -0.25) is 0 Å². The largest absolute Gasteiger partial charge is 0.492 e. The molecule has 0 amide bonds. The zero-order chi connectivity index (χ0) is 15.1. The maximum atomic E-state index is 13.4. The van der Waals surface area contributed by atoms with Crippen molar-refractivity contribution in [2.45, 2.75) is 33.4 Å². The van der Waals surface area contributed by atoms with Crippen LogP contribution in [0.2, 0.25) is 0 Å². The Morgan fingerprint density at radius 1 is 1.38 bits per heavy atom. The molecule has 0 radical (unpaired) electrons. The highest BCUT2D eigenvalue weighted by Gasteiger charge is 2.02. The third-order valence-electron chi connectivity index (χ3n) is 3.05. The van der Waals surface area contributed by atoms with Gasteiger partial charge in [-0.25, -0.2) is 9.07 Å². The predicted molar refractivity (Wildman–Crippen MR) is 78.7 cm³/mol. The summed E-state index contributed by atoms with van der Waals surface area (Å²) in [5, 5.41) is 11.4. The third-order valence-corrected chi connectivity index (χ3v) is 3.05. The molecule has 21 heavy (non-hydrogen) atoms. The molecule has 0 saturated heterocycles. The number of nitrogens with zero attached hydrogens (tertiary/aromatic N) is 3. The fourth-order valence-electron chi connectivity index (χ4n) is 1.84. The molecule has 1 heterocycles. The number of nitrogens with one attached hydrogen (secondary N) is 1. The van der Waals surface area contributed by atoms with Crippen molar-refractivity contribution in [1.82, 2.24) is 20.3 Å². The van der Waals surface area contributed by atoms with Gasteiger partial charge in [-0.05, 0) is 31.5 Å². The monoisotopic (exact) mass is 292 g/mol. The first-order valence-electron chi connectivity index (χ1n) is 7.17. The van der Waals surface area contributed by atoms with E-state index in [2.05, 4.69) is 22.6 Å². The van der Waals surface area contributed by atoms with Crippen LogP contribution in [0.4, 0.5) is 4.39 Å². The lowest BCUT2D eigenvalue weighted by Gasteiger charge is -2.06. The second-order valence-electron chi connectivity index (χ2n) is 4.91. The van der Waals surface area contributed by atoms with Crippen LogP contribution in [0, 0.1) is 12.7 Å². The second-order valence-corrected chi connectivity index (χ2v) is 4.91. The van der Waals surface area contributed by atoms with Gasteiger partial charge in [-0.2, -0.15) is 0 Å². The highest BCUT2D eigenvalue weighted by molar-refractivity contribution is 5.27. The van der Waals surface area contributed by atoms with Crippen LogP contribution in [0.15, 0.2) is 24.4 Å². The maximum Gasteiger partial charge on any atom is 0.129 e. The predicted octanol–water partition coefficient (Wildman–Crippen LogP) is 2.30. The van der Waals surface area contributed by atoms with Gasteiger partial charge in [0, 0.05) is 18.8 Å². The molecule has 1 aromatic carbocycles. The van der Waals surface area contributed by atoms with Gasteiger partial charge in [-0.1, -0.05) is 18.2 Å². The van der Waals surface area contributed by atoms with Gasteiger partial charge in [0.15, 0.2) is 0 Å². The summed E-state index contributed by atoms with van der Waals surface area (Å²) < 4.78 is 20.6. The van der Waals surface area contributed by atoms with Crippen molar-refractivity contribution < 1.29 is 9.13 Å². The molecule has 0 atom stereocenters. The molecule has 2 rings (SSSR count). The van der Waals surface area contributed by atoms with E-state index in [-0.39, 0.29) is 5.82 Å². The number of aryl methyl sites for hydroxylation is 1. The zero-order valence-electron chi connectivity index (χ0n) is 12.5. The van der Waals surface area contributed by atoms with Gasteiger partial charge in [0.05, 0.1) is 12.2 Å². The highest BCUT2D eigenvalue weighted by Crippen LogP contribution is 2.15. The van der Waals surface area contributed by atoms with Crippen LogP contribution in [-0.4, -0.2) is 28.1 Å². The summed E-state index contributed by atoms with van der Waals surface area (Å²) in [6.45, 7) is 6.54. The van der Waals surface area contributed by atoms with Crippen molar-refractivity contribution in [3.8, 4) is 5.75 Å². The number of rotatable bonds is 8. The van der Waals surface area contributed by atoms with Gasteiger partial charge < -0.3 is 10.1 Å². The summed E-state index contributed by atoms with van der Waals surface area (Å²) >= 11 is 0. The van der Waals surface area contributed by atoms with Crippen molar-refractivity contribution in [2.75, 3.05) is 13.2 Å². The molecule has 0 aliphatic rings. The number of halogens is 1. The van der Waals surface area contributed by atoms with Gasteiger partial charge in [0.25, 0.3) is 0 Å². The minimum Gasteiger partial charge on any atom is -0.492 e. The minimum atomic E-state index is -0.252. The SMILES string of the molecule is CCCNCc1cn(CCOc2ccc(C)c(F)c2)nn1. The van der Waals surface area contributed by atoms with Crippen LogP contribution in [0.3, 0.4) is 0 Å². The first-order valence-corrected chi connectivity index (χ1v) is 7.17. The van der Waals surface area contributed by atoms with E-state index in [1.165, 1.54) is 6.07 Å². The normalized spacial score (nSPS) is 10.8. The van der Waals surface area contributed by atoms with Crippen molar-refractivity contribution >= 4 is 0 Å². The molecule has 0 unspecified atom stereocenters. The Labute approximate surface area is 124 Å².